The van der Waals surface area contributed by atoms with Crippen LogP contribution >= 0.6 is 0 Å². The molecule has 0 radical (unpaired) electrons. The van der Waals surface area contributed by atoms with Gasteiger partial charge in [-0.15, -0.1) is 0 Å². The number of hydrogen-bond donors (Lipinski definition) is 3. The second-order valence-corrected chi connectivity index (χ2v) is 10.4. The molecule has 0 aromatic heterocycles. The highest BCUT2D eigenvalue weighted by Gasteiger charge is 2.22. The summed E-state index contributed by atoms with van der Waals surface area (Å²) in [5, 5.41) is 14.6. The number of rotatable bonds is 12. The van der Waals surface area contributed by atoms with Crippen LogP contribution in [-0.2, 0) is 26.0 Å². The molecule has 0 heterocycles. The van der Waals surface area contributed by atoms with Crippen molar-refractivity contribution in [2.24, 2.45) is 0 Å². The average Bonchev–Trinajstić information content (AvgIpc) is 2.81. The van der Waals surface area contributed by atoms with Gasteiger partial charge in [0.15, 0.2) is 6.61 Å². The number of sulfonamides is 1. The van der Waals surface area contributed by atoms with E-state index in [4.69, 9.17) is 9.84 Å². The van der Waals surface area contributed by atoms with Crippen molar-refractivity contribution in [3.05, 3.63) is 59.2 Å². The van der Waals surface area contributed by atoms with E-state index in [0.717, 1.165) is 9.87 Å². The third-order valence-electron chi connectivity index (χ3n) is 5.13. The van der Waals surface area contributed by atoms with E-state index in [1.165, 1.54) is 37.9 Å². The van der Waals surface area contributed by atoms with Crippen LogP contribution in [0.2, 0.25) is 0 Å². The molecule has 34 heavy (non-hydrogen) atoms. The van der Waals surface area contributed by atoms with E-state index in [1.54, 1.807) is 0 Å². The van der Waals surface area contributed by atoms with Crippen molar-refractivity contribution in [3.63, 3.8) is 0 Å². The smallest absolute Gasteiger partial charge is 0.340 e. The fourth-order valence-corrected chi connectivity index (χ4v) is 4.01. The molecular formula is C24H33N3O6S. The molecule has 0 saturated heterocycles. The largest absolute Gasteiger partial charge is 0.452 e. The number of esters is 1. The number of nitrogens with zero attached hydrogens (tertiary/aromatic N) is 1. The van der Waals surface area contributed by atoms with Gasteiger partial charge in [-0.3, -0.25) is 4.79 Å². The van der Waals surface area contributed by atoms with Crippen LogP contribution in [0.15, 0.2) is 47.4 Å². The minimum absolute atomic E-state index is 0.0468. The Morgan fingerprint density at radius 3 is 2.32 bits per heavy atom. The number of anilines is 1. The number of carbonyl (C=O) groups excluding carboxylic acids is 2. The van der Waals surface area contributed by atoms with Crippen LogP contribution in [0, 0.1) is 0 Å². The molecule has 2 rings (SSSR count). The molecule has 10 heteroatoms. The number of amides is 1. The Kier molecular flexibility index (Phi) is 10.0. The summed E-state index contributed by atoms with van der Waals surface area (Å²) in [4.78, 5) is 24.7. The van der Waals surface area contributed by atoms with E-state index < -0.39 is 28.5 Å². The van der Waals surface area contributed by atoms with E-state index in [0.29, 0.717) is 24.6 Å². The maximum Gasteiger partial charge on any atom is 0.340 e. The van der Waals surface area contributed by atoms with E-state index in [9.17, 15) is 18.0 Å². The molecule has 1 amide bonds. The first-order valence-corrected chi connectivity index (χ1v) is 12.4. The van der Waals surface area contributed by atoms with Gasteiger partial charge in [-0.2, -0.15) is 0 Å². The molecule has 3 N–H and O–H groups in total. The summed E-state index contributed by atoms with van der Waals surface area (Å²) in [5.41, 5.74) is 2.58. The molecule has 2 aromatic carbocycles. The zero-order chi connectivity index (χ0) is 25.3. The maximum atomic E-state index is 12.7. The van der Waals surface area contributed by atoms with Gasteiger partial charge in [0, 0.05) is 32.9 Å². The van der Waals surface area contributed by atoms with Crippen LogP contribution < -0.4 is 10.6 Å². The summed E-state index contributed by atoms with van der Waals surface area (Å²) in [6.45, 7) is 4.10. The van der Waals surface area contributed by atoms with E-state index in [2.05, 4.69) is 36.6 Å². The molecule has 0 unspecified atom stereocenters. The summed E-state index contributed by atoms with van der Waals surface area (Å²) in [5.74, 6) is -0.865. The summed E-state index contributed by atoms with van der Waals surface area (Å²) in [6, 6.07) is 12.2. The summed E-state index contributed by atoms with van der Waals surface area (Å²) in [7, 11) is -1.01. The molecule has 0 atom stereocenters. The van der Waals surface area contributed by atoms with Crippen LogP contribution in [0.4, 0.5) is 5.69 Å². The van der Waals surface area contributed by atoms with Crippen molar-refractivity contribution in [1.29, 1.82) is 0 Å². The van der Waals surface area contributed by atoms with Gasteiger partial charge >= 0.3 is 5.97 Å². The highest BCUT2D eigenvalue weighted by atomic mass is 32.2. The van der Waals surface area contributed by atoms with E-state index in [1.807, 2.05) is 12.1 Å². The minimum atomic E-state index is -3.78. The maximum absolute atomic E-state index is 12.7. The molecule has 9 nitrogen and oxygen atoms in total. The molecule has 186 valence electrons. The molecule has 0 aliphatic carbocycles. The number of nitrogens with one attached hydrogen (secondary N) is 2. The Morgan fingerprint density at radius 2 is 1.74 bits per heavy atom. The second kappa shape index (κ2) is 12.5. The normalized spacial score (nSPS) is 11.5. The predicted molar refractivity (Wildman–Crippen MR) is 130 cm³/mol. The lowest BCUT2D eigenvalue weighted by atomic mass is 10.0. The fourth-order valence-electron chi connectivity index (χ4n) is 3.08. The number of aliphatic hydroxyl groups is 1. The van der Waals surface area contributed by atoms with Crippen LogP contribution in [0.3, 0.4) is 0 Å². The Labute approximate surface area is 201 Å². The van der Waals surface area contributed by atoms with Gasteiger partial charge < -0.3 is 20.5 Å². The second-order valence-electron chi connectivity index (χ2n) is 8.22. The van der Waals surface area contributed by atoms with Crippen LogP contribution in [0.1, 0.15) is 41.3 Å². The average molecular weight is 492 g/mol. The van der Waals surface area contributed by atoms with Gasteiger partial charge in [-0.05, 0) is 41.7 Å². The molecule has 0 aliphatic heterocycles. The van der Waals surface area contributed by atoms with Gasteiger partial charge in [0.05, 0.1) is 17.1 Å². The summed E-state index contributed by atoms with van der Waals surface area (Å²) in [6.07, 6.45) is 0.637. The topological polar surface area (TPSA) is 125 Å². The van der Waals surface area contributed by atoms with Gasteiger partial charge in [0.1, 0.15) is 0 Å². The zero-order valence-corrected chi connectivity index (χ0v) is 20.8. The first kappa shape index (κ1) is 27.3. The monoisotopic (exact) mass is 491 g/mol. The van der Waals surface area contributed by atoms with Gasteiger partial charge in [-0.1, -0.05) is 38.1 Å². The summed E-state index contributed by atoms with van der Waals surface area (Å²) >= 11 is 0. The lowest BCUT2D eigenvalue weighted by Crippen LogP contribution is -2.30. The highest BCUT2D eigenvalue weighted by Crippen LogP contribution is 2.23. The third kappa shape index (κ3) is 7.54. The molecule has 0 spiro atoms. The highest BCUT2D eigenvalue weighted by molar-refractivity contribution is 7.89. The van der Waals surface area contributed by atoms with Crippen molar-refractivity contribution >= 4 is 27.6 Å². The van der Waals surface area contributed by atoms with Gasteiger partial charge in [0.25, 0.3) is 5.91 Å². The Hall–Kier alpha value is -2.95. The molecule has 0 aliphatic rings. The molecule has 0 fully saturated rings. The van der Waals surface area contributed by atoms with Crippen LogP contribution in [-0.4, -0.2) is 70.1 Å². The standard InChI is InChI=1S/C24H33N3O6S/c1-17(2)19-7-5-18(6-8-19)11-12-26-23(29)16-33-24(30)21-15-20(34(31,32)27(3)4)9-10-22(21)25-13-14-28/h5-10,15,17,25,28H,11-14,16H2,1-4H3,(H,26,29). The van der Waals surface area contributed by atoms with Crippen molar-refractivity contribution in [2.75, 3.05) is 45.7 Å². The van der Waals surface area contributed by atoms with E-state index in [-0.39, 0.29) is 23.6 Å². The van der Waals surface area contributed by atoms with Gasteiger partial charge in [0.2, 0.25) is 10.0 Å². The molecule has 0 bridgehead atoms. The van der Waals surface area contributed by atoms with Crippen molar-refractivity contribution in [2.45, 2.75) is 31.1 Å². The quantitative estimate of drug-likeness (QED) is 0.388. The van der Waals surface area contributed by atoms with Gasteiger partial charge in [-0.25, -0.2) is 17.5 Å². The predicted octanol–water partition coefficient (Wildman–Crippen LogP) is 1.98. The van der Waals surface area contributed by atoms with Crippen LogP contribution in [0.25, 0.3) is 0 Å². The number of aliphatic hydroxyl groups excluding tert-OH is 1. The number of carbonyl (C=O) groups is 2. The van der Waals surface area contributed by atoms with Crippen molar-refractivity contribution in [1.82, 2.24) is 9.62 Å². The number of benzene rings is 2. The number of hydrogen-bond acceptors (Lipinski definition) is 7. The first-order chi connectivity index (χ1) is 16.1. The van der Waals surface area contributed by atoms with Crippen molar-refractivity contribution < 1.29 is 27.9 Å². The third-order valence-corrected chi connectivity index (χ3v) is 6.94. The molecule has 0 saturated carbocycles. The fraction of sp³-hybridized carbons (Fsp3) is 0.417. The lowest BCUT2D eigenvalue weighted by molar-refractivity contribution is -0.124. The Balaban J connectivity index is 1.98. The first-order valence-electron chi connectivity index (χ1n) is 11.0. The SMILES string of the molecule is CC(C)c1ccc(CCNC(=O)COC(=O)c2cc(S(=O)(=O)N(C)C)ccc2NCCO)cc1. The van der Waals surface area contributed by atoms with Crippen LogP contribution in [0.5, 0.6) is 0 Å². The zero-order valence-electron chi connectivity index (χ0n) is 20.0. The Bertz CT molecular complexity index is 1080. The van der Waals surface area contributed by atoms with E-state index >= 15 is 0 Å². The molecular weight excluding hydrogens is 458 g/mol. The molecule has 2 aromatic rings. The van der Waals surface area contributed by atoms with Crippen molar-refractivity contribution in [3.8, 4) is 0 Å². The summed E-state index contributed by atoms with van der Waals surface area (Å²) < 4.78 is 31.0. The Morgan fingerprint density at radius 1 is 1.06 bits per heavy atom. The number of ether oxygens (including phenoxy) is 1. The lowest BCUT2D eigenvalue weighted by Gasteiger charge is -2.15. The minimum Gasteiger partial charge on any atom is -0.452 e.